The Morgan fingerprint density at radius 1 is 1.09 bits per heavy atom. The highest BCUT2D eigenvalue weighted by Gasteiger charge is 2.57. The van der Waals surface area contributed by atoms with E-state index in [0.717, 1.165) is 41.2 Å². The first-order chi connectivity index (χ1) is 27.0. The van der Waals surface area contributed by atoms with E-state index in [9.17, 15) is 54.0 Å². The molecule has 9 N–H and O–H groups in total. The van der Waals surface area contributed by atoms with Crippen LogP contribution in [0.1, 0.15) is 37.8 Å². The summed E-state index contributed by atoms with van der Waals surface area (Å²) in [7, 11) is 2.06. The number of benzene rings is 1. The summed E-state index contributed by atoms with van der Waals surface area (Å²) in [6, 6.07) is 1.08. The number of oxime groups is 1. The van der Waals surface area contributed by atoms with Gasteiger partial charge in [0.15, 0.2) is 22.3 Å². The molecule has 3 fully saturated rings. The molecule has 2 unspecified atom stereocenters. The molecule has 21 nitrogen and oxygen atoms in total. The Kier molecular flexibility index (Phi) is 10.2. The molecule has 2 aromatic heterocycles. The van der Waals surface area contributed by atoms with E-state index in [1.807, 2.05) is 0 Å². The number of thioether (sulfide) groups is 1. The zero-order chi connectivity index (χ0) is 41.1. The Morgan fingerprint density at radius 3 is 2.35 bits per heavy atom. The molecule has 4 aliphatic rings. The topological polar surface area (TPSA) is 317 Å². The van der Waals surface area contributed by atoms with Crippen molar-refractivity contribution < 1.29 is 58.8 Å². The number of aromatic nitrogens is 3. The average Bonchev–Trinajstić information content (AvgIpc) is 3.61. The second kappa shape index (κ2) is 14.9. The molecule has 4 aliphatic heterocycles. The van der Waals surface area contributed by atoms with Crippen LogP contribution >= 0.6 is 23.1 Å². The molecule has 2 amide bonds. The van der Waals surface area contributed by atoms with Crippen LogP contribution in [0.25, 0.3) is 10.8 Å². The fraction of sp³-hybridized carbons (Fsp3) is 0.441. The van der Waals surface area contributed by atoms with Crippen LogP contribution in [-0.4, -0.2) is 134 Å². The zero-order valence-electron chi connectivity index (χ0n) is 30.0. The number of phenols is 2. The van der Waals surface area contributed by atoms with Gasteiger partial charge in [0.1, 0.15) is 29.4 Å². The highest BCUT2D eigenvalue weighted by atomic mass is 32.2. The predicted octanol–water partition coefficient (Wildman–Crippen LogP) is -0.385. The van der Waals surface area contributed by atoms with E-state index in [2.05, 4.69) is 27.6 Å². The largest absolute Gasteiger partial charge is 0.504 e. The second-order valence-corrected chi connectivity index (χ2v) is 16.6. The number of nitrogens with zero attached hydrogens (tertiary/aromatic N) is 5. The first-order valence-electron chi connectivity index (χ1n) is 17.6. The molecule has 302 valence electrons. The van der Waals surface area contributed by atoms with E-state index in [1.54, 1.807) is 0 Å². The summed E-state index contributed by atoms with van der Waals surface area (Å²) in [4.78, 5) is 98.6. The molecule has 57 heavy (non-hydrogen) atoms. The van der Waals surface area contributed by atoms with Gasteiger partial charge in [-0.2, -0.15) is 0 Å². The minimum absolute atomic E-state index is 0.00342. The number of hydrogen-bond donors (Lipinski definition) is 8. The molecule has 7 atom stereocenters. The number of carboxylic acid groups (broad SMARTS) is 3. The van der Waals surface area contributed by atoms with Crippen LogP contribution in [0.3, 0.4) is 0 Å². The van der Waals surface area contributed by atoms with Gasteiger partial charge in [0.05, 0.1) is 36.3 Å². The maximum absolute atomic E-state index is 13.6. The molecule has 0 spiro atoms. The first kappa shape index (κ1) is 39.3. The Bertz CT molecular complexity index is 2390. The number of nitrogens with two attached hydrogens (primary N) is 1. The Balaban J connectivity index is 1.06. The minimum atomic E-state index is -1.95. The maximum atomic E-state index is 13.6. The number of hydrogen-bond acceptors (Lipinski definition) is 15. The molecule has 0 aliphatic carbocycles. The number of nitrogen functional groups attached to an aromatic ring is 1. The number of piperidine rings is 1. The number of nitrogens with one attached hydrogen (secondary N) is 2. The standard InChI is InChI=1S/C34H36N8O13S2/c1-42(15-2-3-16(42)5-13(4-15)9-40-29(49)18-7-21(44)20(43)6-17(18)27(47)38-40)10-14-11-56-31-25(30(50)41(31)26(14)33(53)54)37-28(48)24(19-12-57-34(35)36-19)39-55-22(32(51)52)8-23(45)46/h6-7,12-13,15-16,22,25,31H,2-5,8-11H2,1H3,(H8-,35,36,37,38,39,43,44,45,46,47,48,49,51,52,53,54)/p+1/t13?,15-,16+,22-,25+,31+,42?/m0/s1. The highest BCUT2D eigenvalue weighted by Crippen LogP contribution is 2.47. The number of aromatic hydroxyl groups is 2. The van der Waals surface area contributed by atoms with Crippen molar-refractivity contribution >= 4 is 74.4 Å². The number of carbonyl (C=O) groups is 5. The number of aliphatic carboxylic acids is 3. The van der Waals surface area contributed by atoms with E-state index >= 15 is 0 Å². The fourth-order valence-electron chi connectivity index (χ4n) is 8.44. The number of β-lactam (4-membered cyclic amide) rings is 1. The van der Waals surface area contributed by atoms with E-state index in [4.69, 9.17) is 15.7 Å². The smallest absolute Gasteiger partial charge is 0.352 e. The second-order valence-electron chi connectivity index (χ2n) is 14.6. The van der Waals surface area contributed by atoms with Crippen LogP contribution in [-0.2, 0) is 35.4 Å². The third-order valence-corrected chi connectivity index (χ3v) is 13.2. The molecule has 3 saturated heterocycles. The van der Waals surface area contributed by atoms with Gasteiger partial charge in [-0.15, -0.1) is 23.1 Å². The van der Waals surface area contributed by atoms with E-state index in [0.29, 0.717) is 29.4 Å². The van der Waals surface area contributed by atoms with Crippen LogP contribution < -0.4 is 22.2 Å². The number of quaternary nitrogens is 1. The van der Waals surface area contributed by atoms with Gasteiger partial charge in [0, 0.05) is 48.9 Å². The lowest BCUT2D eigenvalue weighted by atomic mass is 9.87. The lowest BCUT2D eigenvalue weighted by Crippen LogP contribution is -2.71. The van der Waals surface area contributed by atoms with E-state index in [1.165, 1.54) is 21.8 Å². The summed E-state index contributed by atoms with van der Waals surface area (Å²) in [5.74, 6) is -6.98. The monoisotopic (exact) mass is 829 g/mol. The normalized spacial score (nSPS) is 26.1. The number of carbonyl (C=O) groups excluding carboxylic acids is 2. The summed E-state index contributed by atoms with van der Waals surface area (Å²) in [5, 5.41) is 57.7. The molecule has 6 heterocycles. The summed E-state index contributed by atoms with van der Waals surface area (Å²) >= 11 is 2.19. The quantitative estimate of drug-likeness (QED) is 0.0358. The van der Waals surface area contributed by atoms with Crippen molar-refractivity contribution in [1.29, 1.82) is 0 Å². The Labute approximate surface area is 328 Å². The van der Waals surface area contributed by atoms with Crippen molar-refractivity contribution in [2.75, 3.05) is 25.1 Å². The zero-order valence-corrected chi connectivity index (χ0v) is 31.6. The summed E-state index contributed by atoms with van der Waals surface area (Å²) in [6.45, 7) is 0.547. The Morgan fingerprint density at radius 2 is 1.75 bits per heavy atom. The number of anilines is 1. The number of thiazole rings is 1. The minimum Gasteiger partial charge on any atom is -0.504 e. The maximum Gasteiger partial charge on any atom is 0.352 e. The van der Waals surface area contributed by atoms with Crippen molar-refractivity contribution in [2.24, 2.45) is 11.1 Å². The number of rotatable bonds is 13. The van der Waals surface area contributed by atoms with Crippen LogP contribution in [0.15, 0.2) is 43.5 Å². The molecule has 0 saturated carbocycles. The van der Waals surface area contributed by atoms with Gasteiger partial charge in [0.25, 0.3) is 22.9 Å². The highest BCUT2D eigenvalue weighted by molar-refractivity contribution is 8.00. The van der Waals surface area contributed by atoms with Crippen molar-refractivity contribution in [3.63, 3.8) is 0 Å². The van der Waals surface area contributed by atoms with E-state index < -0.39 is 82.0 Å². The van der Waals surface area contributed by atoms with Crippen LogP contribution in [0, 0.1) is 5.92 Å². The number of amides is 2. The van der Waals surface area contributed by atoms with Gasteiger partial charge >= 0.3 is 17.9 Å². The van der Waals surface area contributed by atoms with Crippen LogP contribution in [0.5, 0.6) is 11.5 Å². The molecular weight excluding hydrogens is 793 g/mol. The third kappa shape index (κ3) is 7.16. The number of aromatic amines is 1. The SMILES string of the molecule is C[N+]1(CC2=C(C(=O)O)N3C(=O)[C@@H](NC(=O)/C(=N\O[C@@H](CC(=O)O)C(=O)O)c4csc(N)n4)[C@H]3SC2)[C@@H]2CC[C@H]1CC(Cn1[nH]c(=O)c3cc(O)c(O)cc3c1=O)C2. The number of fused-ring (bicyclic) bond motifs is 4. The van der Waals surface area contributed by atoms with E-state index in [-0.39, 0.29) is 57.6 Å². The third-order valence-electron chi connectivity index (χ3n) is 11.2. The summed E-state index contributed by atoms with van der Waals surface area (Å²) in [6.07, 6.45) is 0.115. The fourth-order valence-corrected chi connectivity index (χ4v) is 10.3. The molecule has 1 aromatic carbocycles. The first-order valence-corrected chi connectivity index (χ1v) is 19.5. The van der Waals surface area contributed by atoms with Crippen LogP contribution in [0.2, 0.25) is 0 Å². The van der Waals surface area contributed by atoms with Crippen LogP contribution in [0.4, 0.5) is 5.13 Å². The molecule has 7 rings (SSSR count). The Hall–Kier alpha value is -5.94. The van der Waals surface area contributed by atoms with Gasteiger partial charge in [0.2, 0.25) is 6.10 Å². The molecule has 0 radical (unpaired) electrons. The number of phenolic OH excluding ortho intramolecular Hbond substituents is 2. The van der Waals surface area contributed by atoms with Gasteiger partial charge in [-0.05, 0) is 18.1 Å². The number of likely N-dealkylation sites (N-methyl/N-ethyl adjacent to an activating group) is 1. The molecule has 2 bridgehead atoms. The van der Waals surface area contributed by atoms with Crippen molar-refractivity contribution in [1.82, 2.24) is 25.0 Å². The van der Waals surface area contributed by atoms with Gasteiger partial charge in [-0.3, -0.25) is 34.0 Å². The van der Waals surface area contributed by atoms with Gasteiger partial charge in [-0.1, -0.05) is 5.16 Å². The number of H-pyrrole nitrogens is 1. The lowest BCUT2D eigenvalue weighted by Gasteiger charge is -2.52. The molecule has 23 heteroatoms. The van der Waals surface area contributed by atoms with Crippen molar-refractivity contribution in [2.45, 2.75) is 68.3 Å². The molecular formula is C34H37N8O13S2+. The summed E-state index contributed by atoms with van der Waals surface area (Å²) in [5.41, 5.74) is 4.28. The predicted molar refractivity (Wildman–Crippen MR) is 200 cm³/mol. The number of carboxylic acids is 3. The van der Waals surface area contributed by atoms with Gasteiger partial charge in [-0.25, -0.2) is 19.3 Å². The average molecular weight is 830 g/mol. The van der Waals surface area contributed by atoms with Gasteiger partial charge < -0.3 is 45.9 Å². The van der Waals surface area contributed by atoms with Crippen molar-refractivity contribution in [3.05, 3.63) is 55.2 Å². The van der Waals surface area contributed by atoms with Crippen molar-refractivity contribution in [3.8, 4) is 11.5 Å². The summed E-state index contributed by atoms with van der Waals surface area (Å²) < 4.78 is 1.75. The lowest BCUT2D eigenvalue weighted by molar-refractivity contribution is -0.945. The molecule has 3 aromatic rings.